The summed E-state index contributed by atoms with van der Waals surface area (Å²) in [4.78, 5) is 0. The molecule has 2 aromatic rings. The Morgan fingerprint density at radius 2 is 1.78 bits per heavy atom. The van der Waals surface area contributed by atoms with Gasteiger partial charge in [-0.25, -0.2) is 0 Å². The fraction of sp³-hybridized carbons (Fsp3) is 0.0769. The minimum Gasteiger partial charge on any atom is -0.487 e. The summed E-state index contributed by atoms with van der Waals surface area (Å²) in [7, 11) is 0. The number of rotatable bonds is 3. The topological polar surface area (TPSA) is 35.2 Å². The second-order valence-corrected chi connectivity index (χ2v) is 5.45. The van der Waals surface area contributed by atoms with Crippen LogP contribution in [0.1, 0.15) is 5.56 Å². The molecule has 0 aromatic heterocycles. The first-order chi connectivity index (χ1) is 8.56. The summed E-state index contributed by atoms with van der Waals surface area (Å²) in [6, 6.07) is 10.9. The van der Waals surface area contributed by atoms with Crippen LogP contribution in [0.5, 0.6) is 5.75 Å². The maximum Gasteiger partial charge on any atom is 0.139 e. The Hall–Kier alpha value is -0.900. The first kappa shape index (κ1) is 13.5. The lowest BCUT2D eigenvalue weighted by atomic mass is 10.2. The van der Waals surface area contributed by atoms with Crippen LogP contribution in [0.15, 0.2) is 40.9 Å². The Labute approximate surface area is 124 Å². The molecule has 94 valence electrons. The van der Waals surface area contributed by atoms with Crippen molar-refractivity contribution in [2.24, 2.45) is 0 Å². The molecule has 2 N–H and O–H groups in total. The van der Waals surface area contributed by atoms with Gasteiger partial charge in [-0.05, 0) is 35.9 Å². The van der Waals surface area contributed by atoms with Gasteiger partial charge < -0.3 is 10.5 Å². The van der Waals surface area contributed by atoms with E-state index >= 15 is 0 Å². The SMILES string of the molecule is Nc1cc(COc2cc(Br)ccc2Cl)ccc1Cl. The predicted molar refractivity (Wildman–Crippen MR) is 79.3 cm³/mol. The standard InChI is InChI=1S/C13H10BrCl2NO/c14-9-2-4-11(16)13(6-9)18-7-8-1-3-10(15)12(17)5-8/h1-6H,7,17H2. The van der Waals surface area contributed by atoms with Crippen LogP contribution in [0, 0.1) is 0 Å². The quantitative estimate of drug-likeness (QED) is 0.801. The Morgan fingerprint density at radius 3 is 2.50 bits per heavy atom. The smallest absolute Gasteiger partial charge is 0.139 e. The molecule has 0 aliphatic rings. The van der Waals surface area contributed by atoms with Crippen LogP contribution in [0.25, 0.3) is 0 Å². The van der Waals surface area contributed by atoms with Crippen LogP contribution >= 0.6 is 39.1 Å². The van der Waals surface area contributed by atoms with Crippen molar-refractivity contribution in [3.05, 3.63) is 56.5 Å². The monoisotopic (exact) mass is 345 g/mol. The van der Waals surface area contributed by atoms with E-state index in [4.69, 9.17) is 33.7 Å². The van der Waals surface area contributed by atoms with Gasteiger partial charge in [0.2, 0.25) is 0 Å². The van der Waals surface area contributed by atoms with Crippen molar-refractivity contribution >= 4 is 44.8 Å². The molecule has 18 heavy (non-hydrogen) atoms. The average molecular weight is 347 g/mol. The number of ether oxygens (including phenoxy) is 1. The Bertz CT molecular complexity index is 575. The molecule has 0 aliphatic heterocycles. The van der Waals surface area contributed by atoms with Crippen LogP contribution < -0.4 is 10.5 Å². The summed E-state index contributed by atoms with van der Waals surface area (Å²) in [5.41, 5.74) is 7.20. The highest BCUT2D eigenvalue weighted by Gasteiger charge is 2.04. The van der Waals surface area contributed by atoms with Crippen LogP contribution in [0.4, 0.5) is 5.69 Å². The van der Waals surface area contributed by atoms with Gasteiger partial charge in [-0.3, -0.25) is 0 Å². The van der Waals surface area contributed by atoms with Crippen LogP contribution in [-0.4, -0.2) is 0 Å². The van der Waals surface area contributed by atoms with Crippen molar-refractivity contribution in [1.29, 1.82) is 0 Å². The van der Waals surface area contributed by atoms with Gasteiger partial charge >= 0.3 is 0 Å². The van der Waals surface area contributed by atoms with Crippen molar-refractivity contribution in [2.45, 2.75) is 6.61 Å². The lowest BCUT2D eigenvalue weighted by molar-refractivity contribution is 0.306. The fourth-order valence-electron chi connectivity index (χ4n) is 1.43. The van der Waals surface area contributed by atoms with Crippen molar-refractivity contribution in [2.75, 3.05) is 5.73 Å². The average Bonchev–Trinajstić information content (AvgIpc) is 2.34. The normalized spacial score (nSPS) is 10.4. The van der Waals surface area contributed by atoms with Gasteiger partial charge in [0.05, 0.1) is 15.7 Å². The van der Waals surface area contributed by atoms with Gasteiger partial charge in [-0.2, -0.15) is 0 Å². The van der Waals surface area contributed by atoms with E-state index in [0.29, 0.717) is 28.1 Å². The molecule has 0 radical (unpaired) electrons. The highest BCUT2D eigenvalue weighted by molar-refractivity contribution is 9.10. The summed E-state index contributed by atoms with van der Waals surface area (Å²) < 4.78 is 6.55. The van der Waals surface area contributed by atoms with Gasteiger partial charge in [0.25, 0.3) is 0 Å². The lowest BCUT2D eigenvalue weighted by Gasteiger charge is -2.09. The molecule has 2 nitrogen and oxygen atoms in total. The summed E-state index contributed by atoms with van der Waals surface area (Å²) in [5.74, 6) is 0.625. The van der Waals surface area contributed by atoms with E-state index in [0.717, 1.165) is 10.0 Å². The van der Waals surface area contributed by atoms with Crippen LogP contribution in [0.3, 0.4) is 0 Å². The van der Waals surface area contributed by atoms with Gasteiger partial charge in [-0.15, -0.1) is 0 Å². The van der Waals surface area contributed by atoms with E-state index in [-0.39, 0.29) is 0 Å². The second kappa shape index (κ2) is 5.83. The zero-order valence-electron chi connectivity index (χ0n) is 9.29. The molecule has 0 bridgehead atoms. The minimum atomic E-state index is 0.386. The predicted octanol–water partition coefficient (Wildman–Crippen LogP) is 4.92. The van der Waals surface area contributed by atoms with Crippen molar-refractivity contribution in [3.63, 3.8) is 0 Å². The maximum atomic E-state index is 6.03. The molecular formula is C13H10BrCl2NO. The Kier molecular flexibility index (Phi) is 4.38. The molecule has 2 aromatic carbocycles. The van der Waals surface area contributed by atoms with E-state index < -0.39 is 0 Å². The molecule has 0 heterocycles. The van der Waals surface area contributed by atoms with Gasteiger partial charge in [0.1, 0.15) is 12.4 Å². The van der Waals surface area contributed by atoms with E-state index in [1.807, 2.05) is 18.2 Å². The first-order valence-corrected chi connectivity index (χ1v) is 6.73. The fourth-order valence-corrected chi connectivity index (χ4v) is 2.06. The molecule has 5 heteroatoms. The van der Waals surface area contributed by atoms with Crippen molar-refractivity contribution in [3.8, 4) is 5.75 Å². The third-order valence-corrected chi connectivity index (χ3v) is 3.50. The summed E-state index contributed by atoms with van der Waals surface area (Å²) in [5, 5.41) is 1.11. The summed E-state index contributed by atoms with van der Waals surface area (Å²) in [6.45, 7) is 0.386. The molecule has 2 rings (SSSR count). The molecule has 0 saturated carbocycles. The van der Waals surface area contributed by atoms with Crippen LogP contribution in [-0.2, 0) is 6.61 Å². The molecule has 0 aliphatic carbocycles. The van der Waals surface area contributed by atoms with Crippen LogP contribution in [0.2, 0.25) is 10.0 Å². The minimum absolute atomic E-state index is 0.386. The molecule has 0 atom stereocenters. The van der Waals surface area contributed by atoms with E-state index in [9.17, 15) is 0 Å². The molecular weight excluding hydrogens is 337 g/mol. The van der Waals surface area contributed by atoms with Crippen molar-refractivity contribution < 1.29 is 4.74 Å². The van der Waals surface area contributed by atoms with E-state index in [2.05, 4.69) is 15.9 Å². The van der Waals surface area contributed by atoms with Gasteiger partial charge in [0, 0.05) is 4.47 Å². The number of benzene rings is 2. The summed E-state index contributed by atoms with van der Waals surface area (Å²) >= 11 is 15.2. The number of anilines is 1. The molecule has 0 fully saturated rings. The molecule has 0 unspecified atom stereocenters. The third-order valence-electron chi connectivity index (χ3n) is 2.35. The maximum absolute atomic E-state index is 6.03. The first-order valence-electron chi connectivity index (χ1n) is 5.18. The highest BCUT2D eigenvalue weighted by Crippen LogP contribution is 2.29. The number of nitrogen functional groups attached to an aromatic ring is 1. The zero-order valence-corrected chi connectivity index (χ0v) is 12.4. The second-order valence-electron chi connectivity index (χ2n) is 3.72. The summed E-state index contributed by atoms with van der Waals surface area (Å²) in [6.07, 6.45) is 0. The van der Waals surface area contributed by atoms with Gasteiger partial charge in [-0.1, -0.05) is 45.2 Å². The number of nitrogens with two attached hydrogens (primary N) is 1. The largest absolute Gasteiger partial charge is 0.487 e. The van der Waals surface area contributed by atoms with Gasteiger partial charge in [0.15, 0.2) is 0 Å². The van der Waals surface area contributed by atoms with Crippen molar-refractivity contribution in [1.82, 2.24) is 0 Å². The van der Waals surface area contributed by atoms with E-state index in [1.165, 1.54) is 0 Å². The highest BCUT2D eigenvalue weighted by atomic mass is 79.9. The Morgan fingerprint density at radius 1 is 1.06 bits per heavy atom. The zero-order chi connectivity index (χ0) is 13.1. The molecule has 0 spiro atoms. The molecule has 0 saturated heterocycles. The molecule has 0 amide bonds. The number of hydrogen-bond donors (Lipinski definition) is 1. The number of hydrogen-bond acceptors (Lipinski definition) is 2. The third kappa shape index (κ3) is 3.31. The Balaban J connectivity index is 2.11. The lowest BCUT2D eigenvalue weighted by Crippen LogP contribution is -1.97. The number of halogens is 3. The van der Waals surface area contributed by atoms with E-state index in [1.54, 1.807) is 18.2 Å².